The van der Waals surface area contributed by atoms with Crippen molar-refractivity contribution in [2.45, 2.75) is 45.3 Å². The summed E-state index contributed by atoms with van der Waals surface area (Å²) in [4.78, 5) is 2.54. The third-order valence-electron chi connectivity index (χ3n) is 3.89. The van der Waals surface area contributed by atoms with Crippen molar-refractivity contribution in [1.29, 1.82) is 0 Å². The minimum absolute atomic E-state index is 0.343. The van der Waals surface area contributed by atoms with Crippen molar-refractivity contribution in [1.82, 2.24) is 10.2 Å². The van der Waals surface area contributed by atoms with Crippen molar-refractivity contribution in [3.8, 4) is 5.75 Å². The van der Waals surface area contributed by atoms with Crippen LogP contribution >= 0.6 is 0 Å². The molecule has 1 aliphatic heterocycles. The van der Waals surface area contributed by atoms with Crippen LogP contribution in [-0.4, -0.2) is 35.2 Å². The molecule has 2 N–H and O–H groups in total. The number of hydrogen-bond donors (Lipinski definition) is 2. The molecule has 100 valence electrons. The van der Waals surface area contributed by atoms with Crippen LogP contribution in [0.5, 0.6) is 5.75 Å². The summed E-state index contributed by atoms with van der Waals surface area (Å²) in [6.07, 6.45) is 2.38. The average molecular weight is 248 g/mol. The van der Waals surface area contributed by atoms with E-state index < -0.39 is 0 Å². The Morgan fingerprint density at radius 1 is 1.33 bits per heavy atom. The van der Waals surface area contributed by atoms with Crippen LogP contribution in [0.15, 0.2) is 24.3 Å². The SMILES string of the molecule is CCC1CN(Cc2ccc(O)cc2)C(C)CCN1. The molecule has 1 aromatic carbocycles. The predicted molar refractivity (Wildman–Crippen MR) is 74.7 cm³/mol. The lowest BCUT2D eigenvalue weighted by Crippen LogP contribution is -2.39. The molecule has 0 amide bonds. The molecule has 18 heavy (non-hydrogen) atoms. The summed E-state index contributed by atoms with van der Waals surface area (Å²) in [5.41, 5.74) is 1.27. The summed E-state index contributed by atoms with van der Waals surface area (Å²) in [5.74, 6) is 0.343. The van der Waals surface area contributed by atoms with Gasteiger partial charge in [-0.1, -0.05) is 19.1 Å². The van der Waals surface area contributed by atoms with Gasteiger partial charge in [-0.25, -0.2) is 0 Å². The first-order valence-corrected chi connectivity index (χ1v) is 6.94. The van der Waals surface area contributed by atoms with E-state index in [2.05, 4.69) is 24.1 Å². The van der Waals surface area contributed by atoms with Crippen LogP contribution in [0.3, 0.4) is 0 Å². The van der Waals surface area contributed by atoms with Gasteiger partial charge in [-0.3, -0.25) is 4.90 Å². The molecule has 3 nitrogen and oxygen atoms in total. The molecular weight excluding hydrogens is 224 g/mol. The Balaban J connectivity index is 2.02. The molecule has 0 aromatic heterocycles. The minimum Gasteiger partial charge on any atom is -0.508 e. The maximum atomic E-state index is 9.32. The summed E-state index contributed by atoms with van der Waals surface area (Å²) in [7, 11) is 0. The average Bonchev–Trinajstić information content (AvgIpc) is 2.55. The third kappa shape index (κ3) is 3.47. The monoisotopic (exact) mass is 248 g/mol. The van der Waals surface area contributed by atoms with E-state index in [0.717, 1.165) is 19.6 Å². The number of aromatic hydroxyl groups is 1. The molecule has 1 saturated heterocycles. The van der Waals surface area contributed by atoms with Crippen LogP contribution in [0.1, 0.15) is 32.3 Å². The maximum Gasteiger partial charge on any atom is 0.115 e. The number of nitrogens with one attached hydrogen (secondary N) is 1. The minimum atomic E-state index is 0.343. The van der Waals surface area contributed by atoms with Crippen molar-refractivity contribution in [2.24, 2.45) is 0 Å². The molecule has 1 heterocycles. The molecule has 2 atom stereocenters. The van der Waals surface area contributed by atoms with E-state index in [4.69, 9.17) is 0 Å². The number of nitrogens with zero attached hydrogens (tertiary/aromatic N) is 1. The fraction of sp³-hybridized carbons (Fsp3) is 0.600. The van der Waals surface area contributed by atoms with E-state index >= 15 is 0 Å². The van der Waals surface area contributed by atoms with Crippen LogP contribution in [0.2, 0.25) is 0 Å². The second-order valence-corrected chi connectivity index (χ2v) is 5.29. The molecule has 0 aliphatic carbocycles. The molecule has 1 aliphatic rings. The Kier molecular flexibility index (Phi) is 4.61. The summed E-state index contributed by atoms with van der Waals surface area (Å²) < 4.78 is 0. The van der Waals surface area contributed by atoms with E-state index in [1.54, 1.807) is 12.1 Å². The molecule has 1 aromatic rings. The van der Waals surface area contributed by atoms with E-state index in [0.29, 0.717) is 17.8 Å². The van der Waals surface area contributed by atoms with Crippen LogP contribution in [0.4, 0.5) is 0 Å². The zero-order valence-corrected chi connectivity index (χ0v) is 11.4. The first-order chi connectivity index (χ1) is 8.69. The Morgan fingerprint density at radius 2 is 2.06 bits per heavy atom. The molecule has 0 radical (unpaired) electrons. The highest BCUT2D eigenvalue weighted by molar-refractivity contribution is 5.25. The Bertz CT molecular complexity index is 363. The van der Waals surface area contributed by atoms with Gasteiger partial charge in [-0.15, -0.1) is 0 Å². The zero-order chi connectivity index (χ0) is 13.0. The van der Waals surface area contributed by atoms with Gasteiger partial charge in [0.2, 0.25) is 0 Å². The largest absolute Gasteiger partial charge is 0.508 e. The molecule has 3 heteroatoms. The van der Waals surface area contributed by atoms with Crippen LogP contribution in [0, 0.1) is 0 Å². The Hall–Kier alpha value is -1.06. The molecule has 0 spiro atoms. The van der Waals surface area contributed by atoms with Crippen LogP contribution < -0.4 is 5.32 Å². The van der Waals surface area contributed by atoms with Crippen molar-refractivity contribution in [3.05, 3.63) is 29.8 Å². The lowest BCUT2D eigenvalue weighted by atomic mass is 10.1. The van der Waals surface area contributed by atoms with Crippen molar-refractivity contribution >= 4 is 0 Å². The number of benzene rings is 1. The van der Waals surface area contributed by atoms with Crippen molar-refractivity contribution < 1.29 is 5.11 Å². The fourth-order valence-corrected chi connectivity index (χ4v) is 2.54. The van der Waals surface area contributed by atoms with Gasteiger partial charge in [0.1, 0.15) is 5.75 Å². The third-order valence-corrected chi connectivity index (χ3v) is 3.89. The van der Waals surface area contributed by atoms with Gasteiger partial charge in [0.15, 0.2) is 0 Å². The van der Waals surface area contributed by atoms with E-state index in [1.165, 1.54) is 18.4 Å². The van der Waals surface area contributed by atoms with E-state index in [9.17, 15) is 5.11 Å². The van der Waals surface area contributed by atoms with Gasteiger partial charge in [0.25, 0.3) is 0 Å². The number of hydrogen-bond acceptors (Lipinski definition) is 3. The maximum absolute atomic E-state index is 9.32. The second-order valence-electron chi connectivity index (χ2n) is 5.29. The molecule has 2 unspecified atom stereocenters. The zero-order valence-electron chi connectivity index (χ0n) is 11.4. The van der Waals surface area contributed by atoms with Gasteiger partial charge < -0.3 is 10.4 Å². The Morgan fingerprint density at radius 3 is 2.72 bits per heavy atom. The fourth-order valence-electron chi connectivity index (χ4n) is 2.54. The highest BCUT2D eigenvalue weighted by Gasteiger charge is 2.21. The van der Waals surface area contributed by atoms with Gasteiger partial charge in [0, 0.05) is 25.2 Å². The lowest BCUT2D eigenvalue weighted by Gasteiger charge is -2.28. The smallest absolute Gasteiger partial charge is 0.115 e. The standard InChI is InChI=1S/C15H24N2O/c1-3-14-11-17(12(2)8-9-16-14)10-13-4-6-15(18)7-5-13/h4-7,12,14,16,18H,3,8-11H2,1-2H3. The summed E-state index contributed by atoms with van der Waals surface area (Å²) in [6.45, 7) is 7.75. The summed E-state index contributed by atoms with van der Waals surface area (Å²) >= 11 is 0. The first-order valence-electron chi connectivity index (χ1n) is 6.94. The van der Waals surface area contributed by atoms with Gasteiger partial charge in [0.05, 0.1) is 0 Å². The molecule has 1 fully saturated rings. The summed E-state index contributed by atoms with van der Waals surface area (Å²) in [5, 5.41) is 12.9. The quantitative estimate of drug-likeness (QED) is 0.862. The van der Waals surface area contributed by atoms with Crippen molar-refractivity contribution in [2.75, 3.05) is 13.1 Å². The lowest BCUT2D eigenvalue weighted by molar-refractivity contribution is 0.194. The molecule has 0 saturated carbocycles. The molecule has 2 rings (SSSR count). The normalized spacial score (nSPS) is 25.9. The van der Waals surface area contributed by atoms with Crippen LogP contribution in [-0.2, 0) is 6.54 Å². The van der Waals surface area contributed by atoms with Gasteiger partial charge in [-0.2, -0.15) is 0 Å². The highest BCUT2D eigenvalue weighted by Crippen LogP contribution is 2.16. The predicted octanol–water partition coefficient (Wildman–Crippen LogP) is 2.35. The van der Waals surface area contributed by atoms with Crippen molar-refractivity contribution in [3.63, 3.8) is 0 Å². The second kappa shape index (κ2) is 6.21. The topological polar surface area (TPSA) is 35.5 Å². The van der Waals surface area contributed by atoms with Gasteiger partial charge in [-0.05, 0) is 44.0 Å². The number of phenols is 1. The number of phenolic OH excluding ortho intramolecular Hbond substituents is 1. The number of rotatable bonds is 3. The Labute approximate surface area is 110 Å². The van der Waals surface area contributed by atoms with Gasteiger partial charge >= 0.3 is 0 Å². The van der Waals surface area contributed by atoms with Crippen LogP contribution in [0.25, 0.3) is 0 Å². The highest BCUT2D eigenvalue weighted by atomic mass is 16.3. The summed E-state index contributed by atoms with van der Waals surface area (Å²) in [6, 6.07) is 8.79. The van der Waals surface area contributed by atoms with E-state index in [-0.39, 0.29) is 0 Å². The molecular formula is C15H24N2O. The first kappa shape index (κ1) is 13.4. The molecule has 0 bridgehead atoms. The van der Waals surface area contributed by atoms with E-state index in [1.807, 2.05) is 12.1 Å².